The molecule has 26 heavy (non-hydrogen) atoms. The number of rotatable bonds is 8. The number of anilines is 1. The average Bonchev–Trinajstić information content (AvgIpc) is 2.50. The van der Waals surface area contributed by atoms with E-state index in [2.05, 4.69) is 48.0 Å². The summed E-state index contributed by atoms with van der Waals surface area (Å²) in [7, 11) is -3.32. The number of nitrogens with one attached hydrogen (secondary N) is 3. The van der Waals surface area contributed by atoms with E-state index in [1.807, 2.05) is 19.1 Å². The SMILES string of the molecule is CCNC(=NCc1ccccc1NS(C)(=O)=O)NC(C)CCC(C)(C)C. The fraction of sp³-hybridized carbons (Fsp3) is 0.632. The maximum atomic E-state index is 11.5. The molecular weight excluding hydrogens is 348 g/mol. The monoisotopic (exact) mass is 382 g/mol. The highest BCUT2D eigenvalue weighted by Gasteiger charge is 2.13. The van der Waals surface area contributed by atoms with Crippen LogP contribution >= 0.6 is 0 Å². The third-order valence-corrected chi connectivity index (χ3v) is 4.37. The van der Waals surface area contributed by atoms with Crippen molar-refractivity contribution in [3.63, 3.8) is 0 Å². The lowest BCUT2D eigenvalue weighted by Gasteiger charge is -2.23. The number of nitrogens with zero attached hydrogens (tertiary/aromatic N) is 1. The van der Waals surface area contributed by atoms with Crippen LogP contribution < -0.4 is 15.4 Å². The minimum absolute atomic E-state index is 0.302. The summed E-state index contributed by atoms with van der Waals surface area (Å²) in [5.41, 5.74) is 1.70. The quantitative estimate of drug-likeness (QED) is 0.476. The fourth-order valence-electron chi connectivity index (χ4n) is 2.40. The van der Waals surface area contributed by atoms with Crippen LogP contribution in [0.1, 0.15) is 53.0 Å². The third-order valence-electron chi connectivity index (χ3n) is 3.77. The Morgan fingerprint density at radius 1 is 1.23 bits per heavy atom. The Morgan fingerprint density at radius 3 is 2.46 bits per heavy atom. The Kier molecular flexibility index (Phi) is 8.40. The van der Waals surface area contributed by atoms with Crippen LogP contribution in [0, 0.1) is 5.41 Å². The van der Waals surface area contributed by atoms with Gasteiger partial charge in [0.25, 0.3) is 0 Å². The summed E-state index contributed by atoms with van der Waals surface area (Å²) >= 11 is 0. The Bertz CT molecular complexity index is 694. The highest BCUT2D eigenvalue weighted by atomic mass is 32.2. The second kappa shape index (κ2) is 9.80. The predicted octanol–water partition coefficient (Wildman–Crippen LogP) is 3.33. The van der Waals surface area contributed by atoms with Crippen LogP contribution in [0.15, 0.2) is 29.3 Å². The molecular formula is C19H34N4O2S. The first-order valence-electron chi connectivity index (χ1n) is 9.10. The first kappa shape index (κ1) is 22.3. The van der Waals surface area contributed by atoms with Crippen molar-refractivity contribution < 1.29 is 8.42 Å². The molecule has 0 heterocycles. The topological polar surface area (TPSA) is 82.6 Å². The van der Waals surface area contributed by atoms with Crippen molar-refractivity contribution in [2.24, 2.45) is 10.4 Å². The Balaban J connectivity index is 2.81. The number of benzene rings is 1. The summed E-state index contributed by atoms with van der Waals surface area (Å²) in [5.74, 6) is 0.739. The summed E-state index contributed by atoms with van der Waals surface area (Å²) in [6.07, 6.45) is 3.33. The van der Waals surface area contributed by atoms with Gasteiger partial charge in [-0.25, -0.2) is 13.4 Å². The molecule has 1 aromatic carbocycles. The zero-order valence-electron chi connectivity index (χ0n) is 16.9. The van der Waals surface area contributed by atoms with Crippen LogP contribution in [0.25, 0.3) is 0 Å². The summed E-state index contributed by atoms with van der Waals surface area (Å²) < 4.78 is 25.6. The van der Waals surface area contributed by atoms with Crippen molar-refractivity contribution in [1.29, 1.82) is 0 Å². The third kappa shape index (κ3) is 9.65. The maximum Gasteiger partial charge on any atom is 0.229 e. The summed E-state index contributed by atoms with van der Waals surface area (Å²) in [5, 5.41) is 6.68. The summed E-state index contributed by atoms with van der Waals surface area (Å²) in [4.78, 5) is 4.62. The first-order valence-corrected chi connectivity index (χ1v) is 11.0. The van der Waals surface area contributed by atoms with Gasteiger partial charge in [0, 0.05) is 12.6 Å². The smallest absolute Gasteiger partial charge is 0.229 e. The van der Waals surface area contributed by atoms with E-state index in [9.17, 15) is 8.42 Å². The van der Waals surface area contributed by atoms with Gasteiger partial charge in [-0.15, -0.1) is 0 Å². The highest BCUT2D eigenvalue weighted by molar-refractivity contribution is 7.92. The molecule has 3 N–H and O–H groups in total. The van der Waals surface area contributed by atoms with Crippen LogP contribution in [-0.4, -0.2) is 33.2 Å². The molecule has 0 aliphatic heterocycles. The Labute approximate surface area is 158 Å². The number of sulfonamides is 1. The molecule has 0 saturated carbocycles. The summed E-state index contributed by atoms with van der Waals surface area (Å²) in [6.45, 7) is 12.1. The second-order valence-electron chi connectivity index (χ2n) is 7.87. The van der Waals surface area contributed by atoms with Gasteiger partial charge in [0.1, 0.15) is 0 Å². The molecule has 1 atom stereocenters. The second-order valence-corrected chi connectivity index (χ2v) is 9.62. The lowest BCUT2D eigenvalue weighted by Crippen LogP contribution is -2.42. The number of guanidine groups is 1. The standard InChI is InChI=1S/C19H34N4O2S/c1-7-20-18(22-15(2)12-13-19(3,4)5)21-14-16-10-8-9-11-17(16)23-26(6,24)25/h8-11,15,23H,7,12-14H2,1-6H3,(H2,20,21,22). The molecule has 1 rings (SSSR count). The van der Waals surface area contributed by atoms with Crippen molar-refractivity contribution in [2.75, 3.05) is 17.5 Å². The molecule has 0 aromatic heterocycles. The molecule has 1 unspecified atom stereocenters. The van der Waals surface area contributed by atoms with Crippen LogP contribution in [0.4, 0.5) is 5.69 Å². The summed E-state index contributed by atoms with van der Waals surface area (Å²) in [6, 6.07) is 7.61. The van der Waals surface area contributed by atoms with Gasteiger partial charge >= 0.3 is 0 Å². The van der Waals surface area contributed by atoms with Gasteiger partial charge in [-0.2, -0.15) is 0 Å². The Hall–Kier alpha value is -1.76. The van der Waals surface area contributed by atoms with Gasteiger partial charge in [0.2, 0.25) is 10.0 Å². The van der Waals surface area contributed by atoms with Gasteiger partial charge in [-0.3, -0.25) is 4.72 Å². The molecule has 0 spiro atoms. The van der Waals surface area contributed by atoms with Gasteiger partial charge in [-0.05, 0) is 43.7 Å². The van der Waals surface area contributed by atoms with Crippen molar-refractivity contribution in [3.8, 4) is 0 Å². The van der Waals surface area contributed by atoms with E-state index in [4.69, 9.17) is 0 Å². The van der Waals surface area contributed by atoms with E-state index >= 15 is 0 Å². The minimum Gasteiger partial charge on any atom is -0.357 e. The van der Waals surface area contributed by atoms with E-state index in [1.165, 1.54) is 0 Å². The number of para-hydroxylation sites is 1. The van der Waals surface area contributed by atoms with Crippen LogP contribution in [0.2, 0.25) is 0 Å². The Morgan fingerprint density at radius 2 is 1.88 bits per heavy atom. The molecule has 7 heteroatoms. The maximum absolute atomic E-state index is 11.5. The molecule has 0 saturated heterocycles. The van der Waals surface area contributed by atoms with Gasteiger partial charge in [-0.1, -0.05) is 39.0 Å². The number of hydrogen-bond donors (Lipinski definition) is 3. The van der Waals surface area contributed by atoms with Gasteiger partial charge < -0.3 is 10.6 Å². The van der Waals surface area contributed by atoms with Crippen molar-refractivity contribution in [3.05, 3.63) is 29.8 Å². The van der Waals surface area contributed by atoms with E-state index in [-0.39, 0.29) is 0 Å². The van der Waals surface area contributed by atoms with Crippen molar-refractivity contribution in [2.45, 2.75) is 60.0 Å². The molecule has 0 aliphatic rings. The predicted molar refractivity (Wildman–Crippen MR) is 111 cm³/mol. The van der Waals surface area contributed by atoms with Crippen LogP contribution in [0.5, 0.6) is 0 Å². The number of hydrogen-bond acceptors (Lipinski definition) is 3. The van der Waals surface area contributed by atoms with E-state index in [1.54, 1.807) is 12.1 Å². The molecule has 6 nitrogen and oxygen atoms in total. The lowest BCUT2D eigenvalue weighted by molar-refractivity contribution is 0.346. The van der Waals surface area contributed by atoms with Crippen molar-refractivity contribution >= 4 is 21.7 Å². The molecule has 0 bridgehead atoms. The molecule has 0 amide bonds. The average molecular weight is 383 g/mol. The number of aliphatic imine (C=N–C) groups is 1. The van der Waals surface area contributed by atoms with E-state index in [0.717, 1.165) is 37.2 Å². The van der Waals surface area contributed by atoms with Gasteiger partial charge in [0.05, 0.1) is 18.5 Å². The van der Waals surface area contributed by atoms with Crippen LogP contribution in [0.3, 0.4) is 0 Å². The molecule has 1 aromatic rings. The highest BCUT2D eigenvalue weighted by Crippen LogP contribution is 2.21. The first-order chi connectivity index (χ1) is 12.0. The molecule has 0 radical (unpaired) electrons. The molecule has 148 valence electrons. The lowest BCUT2D eigenvalue weighted by atomic mass is 9.89. The molecule has 0 fully saturated rings. The van der Waals surface area contributed by atoms with Crippen LogP contribution in [-0.2, 0) is 16.6 Å². The minimum atomic E-state index is -3.32. The fourth-order valence-corrected chi connectivity index (χ4v) is 3.00. The molecule has 0 aliphatic carbocycles. The zero-order chi connectivity index (χ0) is 19.8. The van der Waals surface area contributed by atoms with E-state index < -0.39 is 10.0 Å². The normalized spacial score (nSPS) is 14.0. The van der Waals surface area contributed by atoms with E-state index in [0.29, 0.717) is 23.7 Å². The zero-order valence-corrected chi connectivity index (χ0v) is 17.7. The largest absolute Gasteiger partial charge is 0.357 e. The van der Waals surface area contributed by atoms with Crippen molar-refractivity contribution in [1.82, 2.24) is 10.6 Å². The van der Waals surface area contributed by atoms with Gasteiger partial charge in [0.15, 0.2) is 5.96 Å².